The van der Waals surface area contributed by atoms with Crippen molar-refractivity contribution in [2.45, 2.75) is 58.5 Å². The van der Waals surface area contributed by atoms with Crippen LogP contribution < -0.4 is 0 Å². The van der Waals surface area contributed by atoms with E-state index in [2.05, 4.69) is 6.92 Å². The lowest BCUT2D eigenvalue weighted by Crippen LogP contribution is -2.38. The Labute approximate surface area is 115 Å². The Bertz CT molecular complexity index is 439. The van der Waals surface area contributed by atoms with E-state index in [9.17, 15) is 9.50 Å². The maximum absolute atomic E-state index is 13.7. The van der Waals surface area contributed by atoms with Gasteiger partial charge in [0.2, 0.25) is 0 Å². The molecule has 1 nitrogen and oxygen atoms in total. The largest absolute Gasteiger partial charge is 0.385 e. The summed E-state index contributed by atoms with van der Waals surface area (Å²) in [5.41, 5.74) is 0.437. The van der Waals surface area contributed by atoms with Gasteiger partial charge in [0, 0.05) is 0 Å². The highest BCUT2D eigenvalue weighted by atomic mass is 19.1. The minimum Gasteiger partial charge on any atom is -0.385 e. The number of aliphatic hydroxyl groups is 1. The van der Waals surface area contributed by atoms with E-state index in [1.165, 1.54) is 25.3 Å². The summed E-state index contributed by atoms with van der Waals surface area (Å²) in [5.74, 6) is 0.572. The zero-order valence-corrected chi connectivity index (χ0v) is 12.2. The van der Waals surface area contributed by atoms with Crippen molar-refractivity contribution in [3.63, 3.8) is 0 Å². The van der Waals surface area contributed by atoms with Crippen molar-refractivity contribution in [3.8, 4) is 0 Å². The molecule has 0 saturated heterocycles. The third-order valence-corrected chi connectivity index (χ3v) is 4.91. The molecule has 3 atom stereocenters. The molecule has 1 aromatic carbocycles. The predicted molar refractivity (Wildman–Crippen MR) is 76.4 cm³/mol. The van der Waals surface area contributed by atoms with Gasteiger partial charge >= 0.3 is 0 Å². The van der Waals surface area contributed by atoms with E-state index in [0.29, 0.717) is 11.5 Å². The highest BCUT2D eigenvalue weighted by molar-refractivity contribution is 5.28. The Morgan fingerprint density at radius 3 is 2.63 bits per heavy atom. The fourth-order valence-corrected chi connectivity index (χ4v) is 3.56. The maximum atomic E-state index is 13.7. The Kier molecular flexibility index (Phi) is 4.29. The number of hydrogen-bond acceptors (Lipinski definition) is 1. The second kappa shape index (κ2) is 5.62. The molecule has 0 spiro atoms. The van der Waals surface area contributed by atoms with Gasteiger partial charge in [0.1, 0.15) is 5.82 Å². The van der Waals surface area contributed by atoms with Crippen molar-refractivity contribution in [2.75, 3.05) is 0 Å². The Morgan fingerprint density at radius 1 is 1.32 bits per heavy atom. The van der Waals surface area contributed by atoms with Crippen LogP contribution in [0.1, 0.15) is 57.1 Å². The van der Waals surface area contributed by atoms with Crippen LogP contribution in [0.15, 0.2) is 18.2 Å². The highest BCUT2D eigenvalue weighted by Gasteiger charge is 2.39. The lowest BCUT2D eigenvalue weighted by atomic mass is 9.67. The molecule has 3 unspecified atom stereocenters. The molecule has 19 heavy (non-hydrogen) atoms. The molecule has 1 aliphatic rings. The van der Waals surface area contributed by atoms with Gasteiger partial charge in [-0.25, -0.2) is 4.39 Å². The van der Waals surface area contributed by atoms with Crippen LogP contribution in [0.2, 0.25) is 0 Å². The van der Waals surface area contributed by atoms with Gasteiger partial charge in [0.25, 0.3) is 0 Å². The van der Waals surface area contributed by atoms with Crippen molar-refractivity contribution in [2.24, 2.45) is 11.8 Å². The lowest BCUT2D eigenvalue weighted by Gasteiger charge is -2.41. The van der Waals surface area contributed by atoms with Gasteiger partial charge in [0.05, 0.1) is 5.60 Å². The molecule has 0 bridgehead atoms. The summed E-state index contributed by atoms with van der Waals surface area (Å²) in [7, 11) is 0. The molecule has 1 N–H and O–H groups in total. The van der Waals surface area contributed by atoms with Crippen LogP contribution >= 0.6 is 0 Å². The molecule has 0 radical (unpaired) electrons. The molecule has 1 fully saturated rings. The minimum atomic E-state index is -0.921. The second-order valence-corrected chi connectivity index (χ2v) is 6.17. The standard InChI is InChI=1S/C17H25FO/c1-4-13-7-5-6-8-15(13)17(3,19)14-10-9-12(2)16(18)11-14/h9-11,13,15,19H,4-8H2,1-3H3. The zero-order chi connectivity index (χ0) is 14.0. The van der Waals surface area contributed by atoms with E-state index < -0.39 is 5.60 Å². The molecule has 2 rings (SSSR count). The highest BCUT2D eigenvalue weighted by Crippen LogP contribution is 2.44. The quantitative estimate of drug-likeness (QED) is 0.848. The van der Waals surface area contributed by atoms with Crippen LogP contribution in [-0.4, -0.2) is 5.11 Å². The second-order valence-electron chi connectivity index (χ2n) is 6.17. The van der Waals surface area contributed by atoms with Crippen LogP contribution in [-0.2, 0) is 5.60 Å². The van der Waals surface area contributed by atoms with Gasteiger partial charge in [-0.3, -0.25) is 0 Å². The van der Waals surface area contributed by atoms with Crippen molar-refractivity contribution < 1.29 is 9.50 Å². The Hall–Kier alpha value is -0.890. The van der Waals surface area contributed by atoms with Crippen molar-refractivity contribution in [1.29, 1.82) is 0 Å². The molecule has 1 aliphatic carbocycles. The molecular weight excluding hydrogens is 239 g/mol. The normalized spacial score (nSPS) is 27.0. The smallest absolute Gasteiger partial charge is 0.126 e. The topological polar surface area (TPSA) is 20.2 Å². The summed E-state index contributed by atoms with van der Waals surface area (Å²) >= 11 is 0. The summed E-state index contributed by atoms with van der Waals surface area (Å²) in [4.78, 5) is 0. The monoisotopic (exact) mass is 264 g/mol. The molecule has 1 saturated carbocycles. The number of rotatable bonds is 3. The van der Waals surface area contributed by atoms with Crippen molar-refractivity contribution in [3.05, 3.63) is 35.1 Å². The fourth-order valence-electron chi connectivity index (χ4n) is 3.56. The van der Waals surface area contributed by atoms with Gasteiger partial charge < -0.3 is 5.11 Å². The first-order valence-corrected chi connectivity index (χ1v) is 7.45. The predicted octanol–water partition coefficient (Wildman–Crippen LogP) is 4.56. The summed E-state index contributed by atoms with van der Waals surface area (Å²) in [6.07, 6.45) is 5.75. The maximum Gasteiger partial charge on any atom is 0.126 e. The molecule has 0 amide bonds. The third kappa shape index (κ3) is 2.84. The van der Waals surface area contributed by atoms with Gasteiger partial charge in [-0.1, -0.05) is 44.7 Å². The molecule has 1 aromatic rings. The van der Waals surface area contributed by atoms with E-state index in [1.807, 2.05) is 13.0 Å². The average Bonchev–Trinajstić information content (AvgIpc) is 2.41. The van der Waals surface area contributed by atoms with Gasteiger partial charge in [0.15, 0.2) is 0 Å². The van der Waals surface area contributed by atoms with Crippen molar-refractivity contribution >= 4 is 0 Å². The lowest BCUT2D eigenvalue weighted by molar-refractivity contribution is -0.0491. The summed E-state index contributed by atoms with van der Waals surface area (Å²) in [6, 6.07) is 5.15. The summed E-state index contributed by atoms with van der Waals surface area (Å²) in [6.45, 7) is 5.80. The van der Waals surface area contributed by atoms with Crippen LogP contribution in [0.5, 0.6) is 0 Å². The summed E-state index contributed by atoms with van der Waals surface area (Å²) in [5, 5.41) is 11.0. The van der Waals surface area contributed by atoms with E-state index in [4.69, 9.17) is 0 Å². The minimum absolute atomic E-state index is 0.221. The Balaban J connectivity index is 2.31. The van der Waals surface area contributed by atoms with Crippen LogP contribution in [0.25, 0.3) is 0 Å². The van der Waals surface area contributed by atoms with Crippen LogP contribution in [0.3, 0.4) is 0 Å². The number of hydrogen-bond donors (Lipinski definition) is 1. The number of benzene rings is 1. The van der Waals surface area contributed by atoms with Gasteiger partial charge in [-0.15, -0.1) is 0 Å². The van der Waals surface area contributed by atoms with Crippen molar-refractivity contribution in [1.82, 2.24) is 0 Å². The van der Waals surface area contributed by atoms with Crippen LogP contribution in [0.4, 0.5) is 4.39 Å². The fraction of sp³-hybridized carbons (Fsp3) is 0.647. The number of aryl methyl sites for hydroxylation is 1. The van der Waals surface area contributed by atoms with E-state index in [-0.39, 0.29) is 11.7 Å². The SMILES string of the molecule is CCC1CCCCC1C(C)(O)c1ccc(C)c(F)c1. The van der Waals surface area contributed by atoms with E-state index in [0.717, 1.165) is 18.4 Å². The molecule has 0 aromatic heterocycles. The molecule has 2 heteroatoms. The molecule has 106 valence electrons. The first-order valence-electron chi connectivity index (χ1n) is 7.45. The number of halogens is 1. The first-order chi connectivity index (χ1) is 8.96. The molecular formula is C17H25FO. The first kappa shape index (κ1) is 14.5. The summed E-state index contributed by atoms with van der Waals surface area (Å²) < 4.78 is 13.7. The molecule has 0 aliphatic heterocycles. The van der Waals surface area contributed by atoms with E-state index in [1.54, 1.807) is 13.0 Å². The van der Waals surface area contributed by atoms with Gasteiger partial charge in [-0.05, 0) is 49.3 Å². The van der Waals surface area contributed by atoms with Gasteiger partial charge in [-0.2, -0.15) is 0 Å². The Morgan fingerprint density at radius 2 is 2.00 bits per heavy atom. The third-order valence-electron chi connectivity index (χ3n) is 4.91. The zero-order valence-electron chi connectivity index (χ0n) is 12.2. The van der Waals surface area contributed by atoms with Crippen LogP contribution in [0, 0.1) is 24.6 Å². The average molecular weight is 264 g/mol. The molecule has 0 heterocycles. The van der Waals surface area contributed by atoms with E-state index >= 15 is 0 Å².